The van der Waals surface area contributed by atoms with Gasteiger partial charge < -0.3 is 9.30 Å². The first kappa shape index (κ1) is 24.5. The molecular weight excluding hydrogens is 438 g/mol. The highest BCUT2D eigenvalue weighted by Gasteiger charge is 2.21. The molecule has 8 nitrogen and oxygen atoms in total. The number of nitrogens with zero attached hydrogens (tertiary/aromatic N) is 4. The smallest absolute Gasteiger partial charge is 0.244 e. The number of rotatable bonds is 10. The Morgan fingerprint density at radius 1 is 1.09 bits per heavy atom. The Morgan fingerprint density at radius 2 is 1.79 bits per heavy atom. The van der Waals surface area contributed by atoms with E-state index in [0.29, 0.717) is 25.5 Å². The Bertz CT molecular complexity index is 1200. The summed E-state index contributed by atoms with van der Waals surface area (Å²) < 4.78 is 34.2. The second-order valence-electron chi connectivity index (χ2n) is 7.43. The summed E-state index contributed by atoms with van der Waals surface area (Å²) in [7, 11) is -3.53. The molecule has 0 radical (unpaired) electrons. The molecular formula is C24H31N5O3S. The fourth-order valence-corrected chi connectivity index (χ4v) is 5.06. The van der Waals surface area contributed by atoms with Gasteiger partial charge in [-0.1, -0.05) is 13.8 Å². The molecule has 1 aromatic carbocycles. The molecule has 33 heavy (non-hydrogen) atoms. The van der Waals surface area contributed by atoms with Gasteiger partial charge in [0.2, 0.25) is 10.0 Å². The fourth-order valence-electron chi connectivity index (χ4n) is 3.65. The molecule has 3 rings (SSSR count). The topological polar surface area (TPSA) is 88.8 Å². The van der Waals surface area contributed by atoms with Crippen LogP contribution in [0.3, 0.4) is 0 Å². The molecule has 3 aromatic rings. The van der Waals surface area contributed by atoms with Crippen LogP contribution in [0.15, 0.2) is 58.7 Å². The summed E-state index contributed by atoms with van der Waals surface area (Å²) in [6.07, 6.45) is 3.08. The van der Waals surface area contributed by atoms with Gasteiger partial charge in [0, 0.05) is 41.9 Å². The van der Waals surface area contributed by atoms with E-state index in [2.05, 4.69) is 26.1 Å². The molecule has 0 fully saturated rings. The minimum atomic E-state index is -3.53. The van der Waals surface area contributed by atoms with Crippen LogP contribution in [0.25, 0.3) is 5.69 Å². The van der Waals surface area contributed by atoms with Crippen LogP contribution in [-0.2, 0) is 10.0 Å². The Kier molecular flexibility index (Phi) is 7.88. The van der Waals surface area contributed by atoms with Gasteiger partial charge in [-0.15, -0.1) is 0 Å². The van der Waals surface area contributed by atoms with Gasteiger partial charge in [0.25, 0.3) is 0 Å². The summed E-state index contributed by atoms with van der Waals surface area (Å²) in [5, 5.41) is 4.29. The fraction of sp³-hybridized carbons (Fsp3) is 0.333. The number of sulfonamides is 1. The quantitative estimate of drug-likeness (QED) is 0.352. The monoisotopic (exact) mass is 469 g/mol. The van der Waals surface area contributed by atoms with E-state index in [1.165, 1.54) is 16.6 Å². The van der Waals surface area contributed by atoms with Crippen molar-refractivity contribution < 1.29 is 13.2 Å². The van der Waals surface area contributed by atoms with Crippen LogP contribution in [0.4, 0.5) is 5.82 Å². The van der Waals surface area contributed by atoms with Gasteiger partial charge in [0.15, 0.2) is 0 Å². The summed E-state index contributed by atoms with van der Waals surface area (Å²) >= 11 is 0. The van der Waals surface area contributed by atoms with Gasteiger partial charge >= 0.3 is 0 Å². The van der Waals surface area contributed by atoms with Crippen molar-refractivity contribution in [2.45, 2.75) is 39.5 Å². The lowest BCUT2D eigenvalue weighted by molar-refractivity contribution is 0.340. The van der Waals surface area contributed by atoms with Crippen LogP contribution in [0.2, 0.25) is 0 Å². The van der Waals surface area contributed by atoms with Crippen molar-refractivity contribution in [1.82, 2.24) is 13.9 Å². The van der Waals surface area contributed by atoms with Crippen molar-refractivity contribution in [3.05, 3.63) is 65.6 Å². The average Bonchev–Trinajstić information content (AvgIpc) is 3.08. The molecule has 0 saturated heterocycles. The second kappa shape index (κ2) is 10.6. The third-order valence-corrected chi connectivity index (χ3v) is 7.37. The number of hydrazone groups is 1. The summed E-state index contributed by atoms with van der Waals surface area (Å²) in [6, 6.07) is 13.2. The summed E-state index contributed by atoms with van der Waals surface area (Å²) in [5.41, 5.74) is 7.02. The van der Waals surface area contributed by atoms with E-state index in [9.17, 15) is 8.42 Å². The van der Waals surface area contributed by atoms with Gasteiger partial charge in [0.05, 0.1) is 12.8 Å². The minimum absolute atomic E-state index is 0.166. The third kappa shape index (κ3) is 5.43. The highest BCUT2D eigenvalue weighted by Crippen LogP contribution is 2.22. The lowest BCUT2D eigenvalue weighted by atomic mass is 10.2. The molecule has 0 saturated carbocycles. The lowest BCUT2D eigenvalue weighted by Crippen LogP contribution is -2.30. The van der Waals surface area contributed by atoms with Crippen molar-refractivity contribution in [2.75, 3.05) is 25.1 Å². The number of aromatic nitrogens is 2. The van der Waals surface area contributed by atoms with Crippen molar-refractivity contribution >= 4 is 22.1 Å². The Balaban J connectivity index is 1.73. The van der Waals surface area contributed by atoms with E-state index in [1.54, 1.807) is 12.3 Å². The maximum Gasteiger partial charge on any atom is 0.244 e. The standard InChI is InChI=1S/C24H31N5O3S/c1-6-28(7-2)33(30,31)23-13-14-24(25-17-23)27-26-16-20-15-18(4)29(19(20)5)21-9-11-22(12-10-21)32-8-3/h9-17H,6-8H2,1-5H3,(H,25,27). The number of ether oxygens (including phenoxy) is 1. The zero-order chi connectivity index (χ0) is 24.0. The van der Waals surface area contributed by atoms with Crippen LogP contribution in [0, 0.1) is 13.8 Å². The predicted octanol–water partition coefficient (Wildman–Crippen LogP) is 4.36. The first-order valence-corrected chi connectivity index (χ1v) is 12.4. The number of anilines is 1. The summed E-state index contributed by atoms with van der Waals surface area (Å²) in [4.78, 5) is 4.36. The Labute approximate surface area is 196 Å². The van der Waals surface area contributed by atoms with Crippen LogP contribution >= 0.6 is 0 Å². The largest absolute Gasteiger partial charge is 0.494 e. The Hall–Kier alpha value is -3.17. The zero-order valence-electron chi connectivity index (χ0n) is 19.7. The summed E-state index contributed by atoms with van der Waals surface area (Å²) in [5.74, 6) is 1.31. The maximum absolute atomic E-state index is 12.6. The SMILES string of the molecule is CCOc1ccc(-n2c(C)cc(C=NNc3ccc(S(=O)(=O)N(CC)CC)cn3)c2C)cc1. The van der Waals surface area contributed by atoms with Gasteiger partial charge in [-0.3, -0.25) is 5.43 Å². The van der Waals surface area contributed by atoms with Crippen molar-refractivity contribution in [2.24, 2.45) is 5.10 Å². The second-order valence-corrected chi connectivity index (χ2v) is 9.37. The number of hydrogen-bond acceptors (Lipinski definition) is 6. The first-order chi connectivity index (χ1) is 15.8. The molecule has 176 valence electrons. The molecule has 0 aliphatic rings. The molecule has 0 aliphatic carbocycles. The van der Waals surface area contributed by atoms with Crippen molar-refractivity contribution in [1.29, 1.82) is 0 Å². The molecule has 0 bridgehead atoms. The number of nitrogens with one attached hydrogen (secondary N) is 1. The van der Waals surface area contributed by atoms with E-state index in [1.807, 2.05) is 58.9 Å². The molecule has 0 unspecified atom stereocenters. The third-order valence-electron chi connectivity index (χ3n) is 5.34. The molecule has 2 heterocycles. The molecule has 1 N–H and O–H groups in total. The van der Waals surface area contributed by atoms with Gasteiger partial charge in [-0.05, 0) is 63.2 Å². The number of benzene rings is 1. The van der Waals surface area contributed by atoms with Crippen molar-refractivity contribution in [3.63, 3.8) is 0 Å². The van der Waals surface area contributed by atoms with E-state index in [0.717, 1.165) is 28.4 Å². The van der Waals surface area contributed by atoms with E-state index in [4.69, 9.17) is 4.74 Å². The highest BCUT2D eigenvalue weighted by molar-refractivity contribution is 7.89. The minimum Gasteiger partial charge on any atom is -0.494 e. The predicted molar refractivity (Wildman–Crippen MR) is 132 cm³/mol. The van der Waals surface area contributed by atoms with Crippen LogP contribution < -0.4 is 10.2 Å². The number of aryl methyl sites for hydroxylation is 1. The van der Waals surface area contributed by atoms with Crippen LogP contribution in [0.5, 0.6) is 5.75 Å². The van der Waals surface area contributed by atoms with Gasteiger partial charge in [-0.25, -0.2) is 13.4 Å². The van der Waals surface area contributed by atoms with Crippen LogP contribution in [-0.4, -0.2) is 48.2 Å². The Morgan fingerprint density at radius 3 is 2.36 bits per heavy atom. The first-order valence-electron chi connectivity index (χ1n) is 11.0. The lowest BCUT2D eigenvalue weighted by Gasteiger charge is -2.18. The highest BCUT2D eigenvalue weighted by atomic mass is 32.2. The maximum atomic E-state index is 12.6. The zero-order valence-corrected chi connectivity index (χ0v) is 20.6. The molecule has 0 amide bonds. The van der Waals surface area contributed by atoms with Gasteiger partial charge in [0.1, 0.15) is 16.5 Å². The normalized spacial score (nSPS) is 11.9. The summed E-state index contributed by atoms with van der Waals surface area (Å²) in [6.45, 7) is 11.1. The molecule has 2 aromatic heterocycles. The van der Waals surface area contributed by atoms with Crippen LogP contribution in [0.1, 0.15) is 37.7 Å². The van der Waals surface area contributed by atoms with E-state index in [-0.39, 0.29) is 4.90 Å². The number of hydrogen-bond donors (Lipinski definition) is 1. The number of pyridine rings is 1. The molecule has 9 heteroatoms. The molecule has 0 atom stereocenters. The van der Waals surface area contributed by atoms with Crippen molar-refractivity contribution in [3.8, 4) is 11.4 Å². The molecule has 0 aliphatic heterocycles. The molecule has 0 spiro atoms. The van der Waals surface area contributed by atoms with E-state index >= 15 is 0 Å². The van der Waals surface area contributed by atoms with Gasteiger partial charge in [-0.2, -0.15) is 9.41 Å². The average molecular weight is 470 g/mol. The van der Waals surface area contributed by atoms with E-state index < -0.39 is 10.0 Å².